The van der Waals surface area contributed by atoms with Crippen molar-refractivity contribution in [3.8, 4) is 11.8 Å². The number of aromatic amines is 1. The Hall–Kier alpha value is -2.88. The molecule has 1 saturated heterocycles. The Labute approximate surface area is 162 Å². The number of carbonyl (C=O) groups excluding carboxylic acids is 1. The summed E-state index contributed by atoms with van der Waals surface area (Å²) in [5.41, 5.74) is -1.86. The highest BCUT2D eigenvalue weighted by molar-refractivity contribution is 5.81. The van der Waals surface area contributed by atoms with E-state index in [1.54, 1.807) is 0 Å². The quantitative estimate of drug-likeness (QED) is 0.421. The average molecular weight is 417 g/mol. The van der Waals surface area contributed by atoms with E-state index in [0.717, 1.165) is 10.8 Å². The average Bonchev–Trinajstić information content (AvgIpc) is 3.06. The minimum absolute atomic E-state index is 0.194. The van der Waals surface area contributed by atoms with Crippen molar-refractivity contribution in [2.45, 2.75) is 31.0 Å². The van der Waals surface area contributed by atoms with Crippen molar-refractivity contribution in [1.82, 2.24) is 14.9 Å². The van der Waals surface area contributed by atoms with Crippen LogP contribution in [0.3, 0.4) is 0 Å². The van der Waals surface area contributed by atoms with E-state index < -0.39 is 48.3 Å². The highest BCUT2D eigenvalue weighted by Crippen LogP contribution is 2.29. The van der Waals surface area contributed by atoms with Gasteiger partial charge in [-0.2, -0.15) is 13.2 Å². The van der Waals surface area contributed by atoms with Crippen LogP contribution in [0.1, 0.15) is 18.2 Å². The second-order valence-electron chi connectivity index (χ2n) is 5.90. The third-order valence-electron chi connectivity index (χ3n) is 3.88. The van der Waals surface area contributed by atoms with E-state index in [1.165, 1.54) is 11.4 Å². The van der Waals surface area contributed by atoms with Crippen molar-refractivity contribution in [2.75, 3.05) is 19.8 Å². The van der Waals surface area contributed by atoms with Crippen molar-refractivity contribution >= 4 is 5.91 Å². The van der Waals surface area contributed by atoms with Crippen LogP contribution in [0, 0.1) is 11.8 Å². The predicted octanol–water partition coefficient (Wildman–Crippen LogP) is -0.582. The van der Waals surface area contributed by atoms with Crippen molar-refractivity contribution in [1.29, 1.82) is 0 Å². The van der Waals surface area contributed by atoms with Crippen LogP contribution in [0.15, 0.2) is 28.4 Å². The second-order valence-corrected chi connectivity index (χ2v) is 5.90. The lowest BCUT2D eigenvalue weighted by atomic mass is 10.2. The van der Waals surface area contributed by atoms with Gasteiger partial charge < -0.3 is 19.9 Å². The van der Waals surface area contributed by atoms with E-state index in [1.807, 2.05) is 4.98 Å². The van der Waals surface area contributed by atoms with E-state index in [0.29, 0.717) is 0 Å². The monoisotopic (exact) mass is 417 g/mol. The lowest BCUT2D eigenvalue weighted by Crippen LogP contribution is -2.37. The van der Waals surface area contributed by atoms with Gasteiger partial charge in [0.1, 0.15) is 17.9 Å². The van der Waals surface area contributed by atoms with Crippen molar-refractivity contribution in [3.63, 3.8) is 0 Å². The zero-order valence-electron chi connectivity index (χ0n) is 15.0. The van der Waals surface area contributed by atoms with E-state index >= 15 is 0 Å². The van der Waals surface area contributed by atoms with E-state index in [-0.39, 0.29) is 25.2 Å². The normalized spacial score (nSPS) is 21.3. The van der Waals surface area contributed by atoms with E-state index in [9.17, 15) is 32.7 Å². The molecule has 2 rings (SSSR count). The van der Waals surface area contributed by atoms with Crippen LogP contribution in [-0.2, 0) is 14.3 Å². The summed E-state index contributed by atoms with van der Waals surface area (Å²) < 4.78 is 48.4. The standard InChI is InChI=1S/C17H18F3N3O6/c1-2-6-28-11-7-13(29-12(11)9-24)23-8-10(14(25)22-16(23)27)4-3-5-21-15(26)17(18,19)20/h2,8,11-13,24H,1,5-7,9H2,(H,21,26)(H,22,25,27)/t11?,12-,13-/m0/s1. The molecule has 1 aliphatic heterocycles. The molecule has 0 saturated carbocycles. The molecule has 1 aromatic rings. The molecule has 9 nitrogen and oxygen atoms in total. The summed E-state index contributed by atoms with van der Waals surface area (Å²) in [5, 5.41) is 10.9. The molecule has 0 aromatic carbocycles. The Morgan fingerprint density at radius 1 is 1.52 bits per heavy atom. The topological polar surface area (TPSA) is 123 Å². The molecular weight excluding hydrogens is 399 g/mol. The van der Waals surface area contributed by atoms with Gasteiger partial charge in [0, 0.05) is 12.6 Å². The molecule has 1 aliphatic rings. The number of nitrogens with one attached hydrogen (secondary N) is 2. The SMILES string of the molecule is C=CCOC1C[C@@H](n2cc(C#CCNC(=O)C(F)(F)F)c(=O)[nH]c2=O)O[C@H]1CO. The number of aliphatic hydroxyl groups is 1. The molecule has 3 N–H and O–H groups in total. The molecule has 0 radical (unpaired) electrons. The van der Waals surface area contributed by atoms with Crippen LogP contribution in [0.4, 0.5) is 13.2 Å². The van der Waals surface area contributed by atoms with Gasteiger partial charge in [-0.1, -0.05) is 17.9 Å². The first kappa shape index (κ1) is 22.4. The summed E-state index contributed by atoms with van der Waals surface area (Å²) >= 11 is 0. The molecule has 1 fully saturated rings. The number of alkyl halides is 3. The number of carbonyl (C=O) groups is 1. The number of hydrogen-bond donors (Lipinski definition) is 3. The highest BCUT2D eigenvalue weighted by atomic mass is 19.4. The van der Waals surface area contributed by atoms with Gasteiger partial charge >= 0.3 is 17.8 Å². The molecule has 2 heterocycles. The van der Waals surface area contributed by atoms with Crippen LogP contribution in [0.2, 0.25) is 0 Å². The Bertz CT molecular complexity index is 927. The zero-order chi connectivity index (χ0) is 21.6. The number of aromatic nitrogens is 2. The fourth-order valence-corrected chi connectivity index (χ4v) is 2.55. The zero-order valence-corrected chi connectivity index (χ0v) is 15.0. The van der Waals surface area contributed by atoms with Crippen molar-refractivity contribution in [2.24, 2.45) is 0 Å². The predicted molar refractivity (Wildman–Crippen MR) is 92.8 cm³/mol. The molecule has 158 valence electrons. The first-order valence-corrected chi connectivity index (χ1v) is 8.35. The Kier molecular flexibility index (Phi) is 7.38. The first-order chi connectivity index (χ1) is 13.7. The van der Waals surface area contributed by atoms with Gasteiger partial charge in [-0.05, 0) is 0 Å². The Morgan fingerprint density at radius 3 is 2.86 bits per heavy atom. The maximum absolute atomic E-state index is 12.1. The smallest absolute Gasteiger partial charge is 0.394 e. The van der Waals surface area contributed by atoms with Gasteiger partial charge in [-0.25, -0.2) is 4.79 Å². The maximum Gasteiger partial charge on any atom is 0.471 e. The summed E-state index contributed by atoms with van der Waals surface area (Å²) in [6, 6.07) is 0. The van der Waals surface area contributed by atoms with Crippen LogP contribution >= 0.6 is 0 Å². The van der Waals surface area contributed by atoms with Crippen LogP contribution < -0.4 is 16.6 Å². The number of nitrogens with zero attached hydrogens (tertiary/aromatic N) is 1. The third kappa shape index (κ3) is 5.80. The van der Waals surface area contributed by atoms with Crippen LogP contribution in [0.5, 0.6) is 0 Å². The van der Waals surface area contributed by atoms with Gasteiger partial charge in [0.05, 0.1) is 25.9 Å². The maximum atomic E-state index is 12.1. The third-order valence-corrected chi connectivity index (χ3v) is 3.88. The molecule has 0 aliphatic carbocycles. The summed E-state index contributed by atoms with van der Waals surface area (Å²) in [6.45, 7) is 2.71. The molecule has 1 aromatic heterocycles. The number of amides is 1. The minimum Gasteiger partial charge on any atom is -0.394 e. The lowest BCUT2D eigenvalue weighted by Gasteiger charge is -2.15. The number of ether oxygens (including phenoxy) is 2. The van der Waals surface area contributed by atoms with Crippen molar-refractivity contribution < 1.29 is 32.5 Å². The van der Waals surface area contributed by atoms with Gasteiger partial charge in [-0.15, -0.1) is 6.58 Å². The summed E-state index contributed by atoms with van der Waals surface area (Å²) in [7, 11) is 0. The molecule has 1 unspecified atom stereocenters. The summed E-state index contributed by atoms with van der Waals surface area (Å²) in [4.78, 5) is 36.7. The van der Waals surface area contributed by atoms with Gasteiger partial charge in [0.15, 0.2) is 0 Å². The molecule has 12 heteroatoms. The van der Waals surface area contributed by atoms with E-state index in [2.05, 4.69) is 18.4 Å². The lowest BCUT2D eigenvalue weighted by molar-refractivity contribution is -0.173. The Morgan fingerprint density at radius 2 is 2.24 bits per heavy atom. The fourth-order valence-electron chi connectivity index (χ4n) is 2.55. The van der Waals surface area contributed by atoms with Crippen LogP contribution in [-0.4, -0.2) is 58.7 Å². The number of rotatable bonds is 6. The molecular formula is C17H18F3N3O6. The van der Waals surface area contributed by atoms with Gasteiger partial charge in [0.2, 0.25) is 0 Å². The van der Waals surface area contributed by atoms with Crippen molar-refractivity contribution in [3.05, 3.63) is 45.3 Å². The number of H-pyrrole nitrogens is 1. The van der Waals surface area contributed by atoms with Crippen LogP contribution in [0.25, 0.3) is 0 Å². The fraction of sp³-hybridized carbons (Fsp3) is 0.471. The van der Waals surface area contributed by atoms with E-state index in [4.69, 9.17) is 9.47 Å². The largest absolute Gasteiger partial charge is 0.471 e. The molecule has 0 spiro atoms. The summed E-state index contributed by atoms with van der Waals surface area (Å²) in [6.07, 6.45) is -4.33. The highest BCUT2D eigenvalue weighted by Gasteiger charge is 2.38. The molecule has 0 bridgehead atoms. The molecule has 29 heavy (non-hydrogen) atoms. The number of aliphatic hydroxyl groups excluding tert-OH is 1. The second kappa shape index (κ2) is 9.55. The Balaban J connectivity index is 2.17. The first-order valence-electron chi connectivity index (χ1n) is 8.35. The number of hydrogen-bond acceptors (Lipinski definition) is 6. The number of halogens is 3. The summed E-state index contributed by atoms with van der Waals surface area (Å²) in [5.74, 6) is 2.34. The molecule has 1 amide bonds. The van der Waals surface area contributed by atoms with Gasteiger partial charge in [0.25, 0.3) is 5.56 Å². The minimum atomic E-state index is -5.04. The van der Waals surface area contributed by atoms with Gasteiger partial charge in [-0.3, -0.25) is 19.1 Å². The molecule has 3 atom stereocenters.